The molecule has 0 aliphatic carbocycles. The third-order valence-electron chi connectivity index (χ3n) is 3.04. The average molecular weight is 309 g/mol. The highest BCUT2D eigenvalue weighted by atomic mass is 79.9. The van der Waals surface area contributed by atoms with Crippen molar-refractivity contribution in [1.29, 1.82) is 0 Å². The molecule has 0 aliphatic heterocycles. The van der Waals surface area contributed by atoms with Gasteiger partial charge in [-0.15, -0.1) is 0 Å². The molecular formula is C15H21BrN2. The number of aromatic nitrogens is 1. The zero-order chi connectivity index (χ0) is 13.0. The summed E-state index contributed by atoms with van der Waals surface area (Å²) in [5, 5.41) is 4.79. The molecule has 0 radical (unpaired) electrons. The largest absolute Gasteiger partial charge is 0.347 e. The molecule has 0 spiro atoms. The molecule has 98 valence electrons. The van der Waals surface area contributed by atoms with E-state index < -0.39 is 0 Å². The summed E-state index contributed by atoms with van der Waals surface area (Å²) in [5.41, 5.74) is 1.32. The van der Waals surface area contributed by atoms with Gasteiger partial charge in [-0.3, -0.25) is 0 Å². The lowest BCUT2D eigenvalue weighted by Gasteiger charge is -2.08. The molecule has 0 unspecified atom stereocenters. The third kappa shape index (κ3) is 3.59. The molecule has 1 aromatic carbocycles. The molecule has 3 heteroatoms. The summed E-state index contributed by atoms with van der Waals surface area (Å²) in [6.45, 7) is 7.76. The van der Waals surface area contributed by atoms with Crippen LogP contribution >= 0.6 is 15.9 Å². The number of nitrogens with zero attached hydrogens (tertiary/aromatic N) is 1. The molecule has 2 nitrogen and oxygen atoms in total. The first-order valence-corrected chi connectivity index (χ1v) is 7.41. The highest BCUT2D eigenvalue weighted by Gasteiger charge is 2.01. The molecule has 0 amide bonds. The van der Waals surface area contributed by atoms with Crippen molar-refractivity contribution in [3.05, 3.63) is 34.9 Å². The second-order valence-electron chi connectivity index (χ2n) is 5.16. The summed E-state index contributed by atoms with van der Waals surface area (Å²) < 4.78 is 3.48. The van der Waals surface area contributed by atoms with Crippen molar-refractivity contribution in [1.82, 2.24) is 9.88 Å². The maximum Gasteiger partial charge on any atom is 0.0481 e. The Kier molecular flexibility index (Phi) is 4.84. The van der Waals surface area contributed by atoms with Crippen molar-refractivity contribution < 1.29 is 0 Å². The zero-order valence-corrected chi connectivity index (χ0v) is 12.7. The topological polar surface area (TPSA) is 17.0 Å². The highest BCUT2D eigenvalue weighted by molar-refractivity contribution is 9.10. The lowest BCUT2D eigenvalue weighted by molar-refractivity contribution is 0.525. The van der Waals surface area contributed by atoms with Crippen molar-refractivity contribution >= 4 is 26.8 Å². The van der Waals surface area contributed by atoms with Crippen LogP contribution in [-0.4, -0.2) is 17.7 Å². The smallest absolute Gasteiger partial charge is 0.0481 e. The van der Waals surface area contributed by atoms with Crippen LogP contribution in [0.3, 0.4) is 0 Å². The van der Waals surface area contributed by atoms with Gasteiger partial charge >= 0.3 is 0 Å². The Morgan fingerprint density at radius 3 is 2.89 bits per heavy atom. The van der Waals surface area contributed by atoms with Gasteiger partial charge < -0.3 is 9.88 Å². The van der Waals surface area contributed by atoms with Crippen LogP contribution in [0.25, 0.3) is 10.9 Å². The number of hydrogen-bond acceptors (Lipinski definition) is 1. The molecule has 0 saturated heterocycles. The monoisotopic (exact) mass is 308 g/mol. The van der Waals surface area contributed by atoms with E-state index in [2.05, 4.69) is 70.1 Å². The van der Waals surface area contributed by atoms with Gasteiger partial charge in [0.15, 0.2) is 0 Å². The molecule has 2 rings (SSSR count). The number of rotatable bonds is 6. The Balaban J connectivity index is 1.88. The van der Waals surface area contributed by atoms with E-state index in [1.807, 2.05) is 0 Å². The molecule has 0 atom stereocenters. The number of benzene rings is 1. The van der Waals surface area contributed by atoms with E-state index in [0.29, 0.717) is 0 Å². The van der Waals surface area contributed by atoms with E-state index in [9.17, 15) is 0 Å². The second-order valence-corrected chi connectivity index (χ2v) is 6.08. The van der Waals surface area contributed by atoms with Crippen molar-refractivity contribution in [2.75, 3.05) is 13.1 Å². The van der Waals surface area contributed by atoms with Crippen molar-refractivity contribution in [2.45, 2.75) is 26.8 Å². The fourth-order valence-electron chi connectivity index (χ4n) is 2.13. The Hall–Kier alpha value is -0.800. The van der Waals surface area contributed by atoms with Crippen LogP contribution in [0.4, 0.5) is 0 Å². The maximum atomic E-state index is 3.51. The Bertz CT molecular complexity index is 502. The SMILES string of the molecule is CC(C)CNCCCn1ccc2cc(Br)ccc21. The minimum Gasteiger partial charge on any atom is -0.347 e. The van der Waals surface area contributed by atoms with Gasteiger partial charge in [-0.1, -0.05) is 29.8 Å². The predicted octanol–water partition coefficient (Wildman–Crippen LogP) is 4.04. The zero-order valence-electron chi connectivity index (χ0n) is 11.1. The van der Waals surface area contributed by atoms with Crippen molar-refractivity contribution in [3.63, 3.8) is 0 Å². The Morgan fingerprint density at radius 2 is 2.11 bits per heavy atom. The number of hydrogen-bond donors (Lipinski definition) is 1. The first kappa shape index (κ1) is 13.6. The van der Waals surface area contributed by atoms with Gasteiger partial charge in [0.25, 0.3) is 0 Å². The molecular weight excluding hydrogens is 288 g/mol. The average Bonchev–Trinajstić information content (AvgIpc) is 2.70. The summed E-state index contributed by atoms with van der Waals surface area (Å²) in [4.78, 5) is 0. The highest BCUT2D eigenvalue weighted by Crippen LogP contribution is 2.20. The molecule has 18 heavy (non-hydrogen) atoms. The summed E-state index contributed by atoms with van der Waals surface area (Å²) >= 11 is 3.51. The summed E-state index contributed by atoms with van der Waals surface area (Å²) in [6.07, 6.45) is 3.35. The van der Waals surface area contributed by atoms with Gasteiger partial charge in [-0.05, 0) is 49.7 Å². The second kappa shape index (κ2) is 6.39. The van der Waals surface area contributed by atoms with Gasteiger partial charge in [-0.2, -0.15) is 0 Å². The maximum absolute atomic E-state index is 3.51. The number of aryl methyl sites for hydroxylation is 1. The van der Waals surface area contributed by atoms with E-state index in [1.54, 1.807) is 0 Å². The summed E-state index contributed by atoms with van der Waals surface area (Å²) in [7, 11) is 0. The molecule has 1 aromatic heterocycles. The van der Waals surface area contributed by atoms with Crippen LogP contribution in [0.1, 0.15) is 20.3 Å². The van der Waals surface area contributed by atoms with Gasteiger partial charge in [0.2, 0.25) is 0 Å². The molecule has 2 aromatic rings. The van der Waals surface area contributed by atoms with E-state index in [-0.39, 0.29) is 0 Å². The number of nitrogens with one attached hydrogen (secondary N) is 1. The standard InChI is InChI=1S/C15H21BrN2/c1-12(2)11-17-7-3-8-18-9-6-13-10-14(16)4-5-15(13)18/h4-6,9-10,12,17H,3,7-8,11H2,1-2H3. The molecule has 1 heterocycles. The third-order valence-corrected chi connectivity index (χ3v) is 3.53. The van der Waals surface area contributed by atoms with Crippen molar-refractivity contribution in [2.24, 2.45) is 5.92 Å². The summed E-state index contributed by atoms with van der Waals surface area (Å²) in [6, 6.07) is 8.64. The van der Waals surface area contributed by atoms with Gasteiger partial charge in [-0.25, -0.2) is 0 Å². The van der Waals surface area contributed by atoms with Crippen LogP contribution in [0, 0.1) is 5.92 Å². The minimum absolute atomic E-state index is 0.731. The summed E-state index contributed by atoms with van der Waals surface area (Å²) in [5.74, 6) is 0.731. The first-order valence-electron chi connectivity index (χ1n) is 6.62. The van der Waals surface area contributed by atoms with E-state index in [4.69, 9.17) is 0 Å². The van der Waals surface area contributed by atoms with Gasteiger partial charge in [0.1, 0.15) is 0 Å². The predicted molar refractivity (Wildman–Crippen MR) is 82.0 cm³/mol. The molecule has 0 bridgehead atoms. The number of fused-ring (bicyclic) bond motifs is 1. The number of halogens is 1. The van der Waals surface area contributed by atoms with Gasteiger partial charge in [0, 0.05) is 28.1 Å². The first-order chi connectivity index (χ1) is 8.66. The fraction of sp³-hybridized carbons (Fsp3) is 0.467. The van der Waals surface area contributed by atoms with Gasteiger partial charge in [0.05, 0.1) is 0 Å². The molecule has 1 N–H and O–H groups in total. The van der Waals surface area contributed by atoms with Crippen molar-refractivity contribution in [3.8, 4) is 0 Å². The normalized spacial score (nSPS) is 11.6. The quantitative estimate of drug-likeness (QED) is 0.797. The van der Waals surface area contributed by atoms with E-state index >= 15 is 0 Å². The van der Waals surface area contributed by atoms with Crippen LogP contribution in [0.5, 0.6) is 0 Å². The fourth-order valence-corrected chi connectivity index (χ4v) is 2.51. The van der Waals surface area contributed by atoms with Crippen LogP contribution in [0.15, 0.2) is 34.9 Å². The Morgan fingerprint density at radius 1 is 1.28 bits per heavy atom. The van der Waals surface area contributed by atoms with Crippen LogP contribution < -0.4 is 5.32 Å². The van der Waals surface area contributed by atoms with E-state index in [1.165, 1.54) is 17.3 Å². The molecule has 0 aliphatic rings. The molecule has 0 fully saturated rings. The lowest BCUT2D eigenvalue weighted by Crippen LogP contribution is -2.21. The van der Waals surface area contributed by atoms with E-state index in [0.717, 1.165) is 30.0 Å². The van der Waals surface area contributed by atoms with Crippen LogP contribution in [0.2, 0.25) is 0 Å². The Labute approximate surface area is 118 Å². The lowest BCUT2D eigenvalue weighted by atomic mass is 10.2. The minimum atomic E-state index is 0.731. The van der Waals surface area contributed by atoms with Crippen LogP contribution in [-0.2, 0) is 6.54 Å². The molecule has 0 saturated carbocycles.